The van der Waals surface area contributed by atoms with E-state index >= 15 is 0 Å². The number of carbonyl (C=O) groups excluding carboxylic acids is 1. The van der Waals surface area contributed by atoms with Gasteiger partial charge in [-0.1, -0.05) is 0 Å². The molecule has 3 heterocycles. The summed E-state index contributed by atoms with van der Waals surface area (Å²) in [5, 5.41) is 8.76. The van der Waals surface area contributed by atoms with Gasteiger partial charge in [0, 0.05) is 25.7 Å². The van der Waals surface area contributed by atoms with Crippen LogP contribution >= 0.6 is 0 Å². The molecule has 1 atom stereocenters. The van der Waals surface area contributed by atoms with E-state index in [1.54, 1.807) is 6.20 Å². The molecule has 4 rings (SSSR count). The van der Waals surface area contributed by atoms with Gasteiger partial charge in [-0.05, 0) is 44.6 Å². The van der Waals surface area contributed by atoms with Crippen LogP contribution in [0.15, 0.2) is 18.6 Å². The number of aromatic nitrogens is 4. The molecule has 0 spiro atoms. The number of piperidine rings is 1. The van der Waals surface area contributed by atoms with Crippen molar-refractivity contribution < 1.29 is 4.79 Å². The van der Waals surface area contributed by atoms with Crippen molar-refractivity contribution in [3.63, 3.8) is 0 Å². The number of likely N-dealkylation sites (tertiary alicyclic amines) is 1. The minimum atomic E-state index is 0.151. The van der Waals surface area contributed by atoms with Gasteiger partial charge in [0.15, 0.2) is 0 Å². The minimum absolute atomic E-state index is 0.151. The quantitative estimate of drug-likeness (QED) is 0.867. The molecule has 0 unspecified atom stereocenters. The lowest BCUT2D eigenvalue weighted by Gasteiger charge is -2.35. The second-order valence-electron chi connectivity index (χ2n) is 7.23. The molecule has 0 N–H and O–H groups in total. The zero-order valence-corrected chi connectivity index (χ0v) is 14.5. The van der Waals surface area contributed by atoms with E-state index in [9.17, 15) is 4.79 Å². The van der Waals surface area contributed by atoms with E-state index in [0.717, 1.165) is 42.8 Å². The Balaban J connectivity index is 1.57. The highest BCUT2D eigenvalue weighted by Gasteiger charge is 2.35. The van der Waals surface area contributed by atoms with E-state index in [4.69, 9.17) is 0 Å². The van der Waals surface area contributed by atoms with Crippen molar-refractivity contribution in [2.75, 3.05) is 6.54 Å². The first-order valence-electron chi connectivity index (χ1n) is 8.95. The van der Waals surface area contributed by atoms with Gasteiger partial charge in [-0.3, -0.25) is 14.2 Å². The molecule has 2 aromatic heterocycles. The Bertz CT molecular complexity index is 742. The zero-order chi connectivity index (χ0) is 16.7. The molecule has 0 bridgehead atoms. The van der Waals surface area contributed by atoms with Gasteiger partial charge in [-0.2, -0.15) is 10.2 Å². The van der Waals surface area contributed by atoms with E-state index in [1.165, 1.54) is 19.3 Å². The van der Waals surface area contributed by atoms with Crippen molar-refractivity contribution in [1.82, 2.24) is 24.5 Å². The molecule has 128 valence electrons. The lowest BCUT2D eigenvalue weighted by Crippen LogP contribution is -2.46. The third-order valence-corrected chi connectivity index (χ3v) is 5.23. The predicted octanol–water partition coefficient (Wildman–Crippen LogP) is 2.50. The summed E-state index contributed by atoms with van der Waals surface area (Å²) < 4.78 is 3.86. The standard InChI is InChI=1S/C18H25N5O/c1-13-9-20-22(11-13)12-15-5-3-4-8-23(15)18(24)16-10-19-21(2)17(16)14-6-7-14/h9-11,14-15H,3-8,12H2,1-2H3/t15-/m1/s1. The molecular weight excluding hydrogens is 302 g/mol. The van der Waals surface area contributed by atoms with Gasteiger partial charge in [0.05, 0.1) is 36.2 Å². The summed E-state index contributed by atoms with van der Waals surface area (Å²) in [7, 11) is 1.95. The monoisotopic (exact) mass is 327 g/mol. The summed E-state index contributed by atoms with van der Waals surface area (Å²) in [4.78, 5) is 15.3. The Labute approximate surface area is 142 Å². The topological polar surface area (TPSA) is 56.0 Å². The Morgan fingerprint density at radius 1 is 1.21 bits per heavy atom. The Hall–Kier alpha value is -2.11. The minimum Gasteiger partial charge on any atom is -0.334 e. The summed E-state index contributed by atoms with van der Waals surface area (Å²) >= 11 is 0. The Morgan fingerprint density at radius 3 is 2.75 bits per heavy atom. The largest absolute Gasteiger partial charge is 0.334 e. The van der Waals surface area contributed by atoms with Gasteiger partial charge in [0.2, 0.25) is 0 Å². The smallest absolute Gasteiger partial charge is 0.257 e. The van der Waals surface area contributed by atoms with Crippen molar-refractivity contribution in [2.45, 2.75) is 57.5 Å². The summed E-state index contributed by atoms with van der Waals surface area (Å²) in [6.07, 6.45) is 11.4. The van der Waals surface area contributed by atoms with Crippen molar-refractivity contribution in [1.29, 1.82) is 0 Å². The fraction of sp³-hybridized carbons (Fsp3) is 0.611. The Morgan fingerprint density at radius 2 is 2.04 bits per heavy atom. The van der Waals surface area contributed by atoms with Crippen LogP contribution < -0.4 is 0 Å². The van der Waals surface area contributed by atoms with Crippen molar-refractivity contribution in [2.24, 2.45) is 7.05 Å². The molecule has 2 aromatic rings. The van der Waals surface area contributed by atoms with Crippen molar-refractivity contribution in [3.8, 4) is 0 Å². The molecule has 2 fully saturated rings. The lowest BCUT2D eigenvalue weighted by molar-refractivity contribution is 0.0582. The molecule has 0 aromatic carbocycles. The lowest BCUT2D eigenvalue weighted by atomic mass is 10.0. The normalized spacial score (nSPS) is 21.2. The van der Waals surface area contributed by atoms with Crippen LogP contribution in [0.3, 0.4) is 0 Å². The molecule has 6 nitrogen and oxygen atoms in total. The molecule has 1 saturated carbocycles. The summed E-state index contributed by atoms with van der Waals surface area (Å²) in [5.74, 6) is 0.673. The van der Waals surface area contributed by atoms with Crippen LogP contribution in [0.5, 0.6) is 0 Å². The van der Waals surface area contributed by atoms with Crippen LogP contribution in [0.4, 0.5) is 0 Å². The second-order valence-corrected chi connectivity index (χ2v) is 7.23. The SMILES string of the molecule is Cc1cnn(C[C@H]2CCCCN2C(=O)c2cnn(C)c2C2CC2)c1. The van der Waals surface area contributed by atoms with Gasteiger partial charge in [0.1, 0.15) is 0 Å². The first-order valence-corrected chi connectivity index (χ1v) is 8.95. The van der Waals surface area contributed by atoms with E-state index in [2.05, 4.69) is 21.3 Å². The highest BCUT2D eigenvalue weighted by atomic mass is 16.2. The number of hydrogen-bond donors (Lipinski definition) is 0. The van der Waals surface area contributed by atoms with Crippen LogP contribution in [0.25, 0.3) is 0 Å². The molecule has 1 amide bonds. The molecule has 0 radical (unpaired) electrons. The fourth-order valence-corrected chi connectivity index (χ4v) is 3.85. The van der Waals surface area contributed by atoms with Crippen molar-refractivity contribution >= 4 is 5.91 Å². The fourth-order valence-electron chi connectivity index (χ4n) is 3.85. The van der Waals surface area contributed by atoms with Gasteiger partial charge in [0.25, 0.3) is 5.91 Å². The highest BCUT2D eigenvalue weighted by molar-refractivity contribution is 5.95. The van der Waals surface area contributed by atoms with Crippen LogP contribution in [-0.4, -0.2) is 43.0 Å². The molecule has 1 aliphatic heterocycles. The Kier molecular flexibility index (Phi) is 3.90. The number of amides is 1. The van der Waals surface area contributed by atoms with Gasteiger partial charge < -0.3 is 4.90 Å². The van der Waals surface area contributed by atoms with E-state index < -0.39 is 0 Å². The summed E-state index contributed by atoms with van der Waals surface area (Å²) in [6, 6.07) is 0.220. The maximum Gasteiger partial charge on any atom is 0.257 e. The van der Waals surface area contributed by atoms with Crippen molar-refractivity contribution in [3.05, 3.63) is 35.4 Å². The molecule has 1 aliphatic carbocycles. The first-order chi connectivity index (χ1) is 11.6. The first kappa shape index (κ1) is 15.4. The van der Waals surface area contributed by atoms with Gasteiger partial charge in [-0.15, -0.1) is 0 Å². The van der Waals surface area contributed by atoms with Crippen LogP contribution in [0, 0.1) is 6.92 Å². The average Bonchev–Trinajstić information content (AvgIpc) is 3.22. The van der Waals surface area contributed by atoms with Crippen LogP contribution in [0.2, 0.25) is 0 Å². The average molecular weight is 327 g/mol. The third-order valence-electron chi connectivity index (χ3n) is 5.23. The maximum atomic E-state index is 13.2. The number of rotatable bonds is 4. The predicted molar refractivity (Wildman–Crippen MR) is 90.8 cm³/mol. The number of nitrogens with zero attached hydrogens (tertiary/aromatic N) is 5. The second kappa shape index (κ2) is 6.07. The summed E-state index contributed by atoms with van der Waals surface area (Å²) in [6.45, 7) is 3.66. The van der Waals surface area contributed by atoms with E-state index in [-0.39, 0.29) is 11.9 Å². The number of carbonyl (C=O) groups is 1. The van der Waals surface area contributed by atoms with E-state index in [0.29, 0.717) is 5.92 Å². The molecular formula is C18H25N5O. The number of hydrogen-bond acceptors (Lipinski definition) is 3. The zero-order valence-electron chi connectivity index (χ0n) is 14.5. The molecule has 1 saturated heterocycles. The van der Waals surface area contributed by atoms with Gasteiger partial charge in [-0.25, -0.2) is 0 Å². The van der Waals surface area contributed by atoms with Crippen LogP contribution in [-0.2, 0) is 13.6 Å². The number of aryl methyl sites for hydroxylation is 2. The summed E-state index contributed by atoms with van der Waals surface area (Å²) in [5.41, 5.74) is 3.09. The molecule has 24 heavy (non-hydrogen) atoms. The van der Waals surface area contributed by atoms with E-state index in [1.807, 2.05) is 29.5 Å². The molecule has 2 aliphatic rings. The van der Waals surface area contributed by atoms with Gasteiger partial charge >= 0.3 is 0 Å². The maximum absolute atomic E-state index is 13.2. The highest BCUT2D eigenvalue weighted by Crippen LogP contribution is 2.41. The third kappa shape index (κ3) is 2.85. The molecule has 6 heteroatoms. The van der Waals surface area contributed by atoms with Crippen LogP contribution in [0.1, 0.15) is 59.6 Å².